The standard InChI is InChI=1S/C37H35ClF2N2O9/c1-20-25(23-8-9-28-31(14-23)48-11-10-47-28)6-3-7-26(20)37(39,40)51-30-15-29(49-19-22-5-2-4-21(12-22)16-41)24(13-27(30)38)17-42-33-35(45)34(44)32(18-43)50-36(33)46/h2-9,12-15,32-36,42-46H,10-11,17-19H2,1H3/t32-,33+,34-,35-,36?/m1/s1. The normalized spacial score (nSPS) is 21.5. The van der Waals surface area contributed by atoms with E-state index in [1.807, 2.05) is 6.07 Å². The summed E-state index contributed by atoms with van der Waals surface area (Å²) in [6.07, 6.45) is -9.69. The highest BCUT2D eigenvalue weighted by molar-refractivity contribution is 6.32. The third kappa shape index (κ3) is 7.88. The van der Waals surface area contributed by atoms with Crippen molar-refractivity contribution in [1.29, 1.82) is 5.26 Å². The van der Waals surface area contributed by atoms with Crippen molar-refractivity contribution in [1.82, 2.24) is 5.32 Å². The number of halogens is 3. The third-order valence-electron chi connectivity index (χ3n) is 8.73. The van der Waals surface area contributed by atoms with Gasteiger partial charge in [0.2, 0.25) is 0 Å². The number of nitriles is 1. The minimum absolute atomic E-state index is 0.0641. The van der Waals surface area contributed by atoms with Crippen molar-refractivity contribution < 1.29 is 52.9 Å². The summed E-state index contributed by atoms with van der Waals surface area (Å²) in [7, 11) is 0. The second-order valence-corrected chi connectivity index (χ2v) is 12.5. The van der Waals surface area contributed by atoms with E-state index in [0.29, 0.717) is 52.5 Å². The van der Waals surface area contributed by atoms with E-state index in [2.05, 4.69) is 5.32 Å². The minimum atomic E-state index is -3.86. The molecule has 51 heavy (non-hydrogen) atoms. The quantitative estimate of drug-likeness (QED) is 0.148. The average molecular weight is 725 g/mol. The SMILES string of the molecule is Cc1c(-c2ccc3c(c2)OCCO3)cccc1C(F)(F)Oc1cc(OCc2cccc(C#N)c2)c(CN[C@@H]2C(O)O[C@H](CO)[C@@H](O)[C@@H]2O)cc1Cl. The second-order valence-electron chi connectivity index (χ2n) is 12.1. The van der Waals surface area contributed by atoms with Crippen molar-refractivity contribution in [2.75, 3.05) is 19.8 Å². The summed E-state index contributed by atoms with van der Waals surface area (Å²) in [5, 5.41) is 52.7. The van der Waals surface area contributed by atoms with Gasteiger partial charge in [0.25, 0.3) is 0 Å². The van der Waals surface area contributed by atoms with E-state index in [-0.39, 0.29) is 29.5 Å². The first-order chi connectivity index (χ1) is 24.5. The topological polar surface area (TPSA) is 163 Å². The molecule has 0 aromatic heterocycles. The molecule has 11 nitrogen and oxygen atoms in total. The highest BCUT2D eigenvalue weighted by Gasteiger charge is 2.43. The Bertz CT molecular complexity index is 1920. The Kier molecular flexibility index (Phi) is 10.9. The lowest BCUT2D eigenvalue weighted by Crippen LogP contribution is -2.63. The van der Waals surface area contributed by atoms with Crippen LogP contribution in [0.4, 0.5) is 8.78 Å². The fourth-order valence-electron chi connectivity index (χ4n) is 6.03. The van der Waals surface area contributed by atoms with E-state index in [4.69, 9.17) is 35.3 Å². The summed E-state index contributed by atoms with van der Waals surface area (Å²) >= 11 is 6.53. The van der Waals surface area contributed by atoms with Gasteiger partial charge in [-0.1, -0.05) is 41.9 Å². The Labute approximate surface area is 297 Å². The number of alkyl halides is 2. The van der Waals surface area contributed by atoms with Gasteiger partial charge in [-0.05, 0) is 65.6 Å². The van der Waals surface area contributed by atoms with Gasteiger partial charge in [0, 0.05) is 18.2 Å². The lowest BCUT2D eigenvalue weighted by molar-refractivity contribution is -0.254. The largest absolute Gasteiger partial charge is 0.488 e. The predicted octanol–water partition coefficient (Wildman–Crippen LogP) is 4.56. The highest BCUT2D eigenvalue weighted by Crippen LogP contribution is 2.43. The summed E-state index contributed by atoms with van der Waals surface area (Å²) in [5.74, 6) is 0.767. The summed E-state index contributed by atoms with van der Waals surface area (Å²) in [6.45, 7) is 1.53. The van der Waals surface area contributed by atoms with Crippen LogP contribution in [0.25, 0.3) is 11.1 Å². The van der Waals surface area contributed by atoms with Crippen LogP contribution < -0.4 is 24.3 Å². The zero-order chi connectivity index (χ0) is 36.3. The molecule has 1 unspecified atom stereocenters. The van der Waals surface area contributed by atoms with Gasteiger partial charge in [-0.25, -0.2) is 0 Å². The van der Waals surface area contributed by atoms with Gasteiger partial charge < -0.3 is 49.4 Å². The zero-order valence-electron chi connectivity index (χ0n) is 27.3. The Morgan fingerprint density at radius 3 is 2.49 bits per heavy atom. The molecule has 0 spiro atoms. The molecule has 5 N–H and O–H groups in total. The van der Waals surface area contributed by atoms with Crippen LogP contribution in [-0.2, 0) is 24.0 Å². The maximum Gasteiger partial charge on any atom is 0.427 e. The summed E-state index contributed by atoms with van der Waals surface area (Å²) in [4.78, 5) is 0. The van der Waals surface area contributed by atoms with Gasteiger partial charge in [0.1, 0.15) is 49.6 Å². The second kappa shape index (κ2) is 15.4. The number of rotatable bonds is 11. The molecule has 0 aliphatic carbocycles. The molecule has 1 saturated heterocycles. The fraction of sp³-hybridized carbons (Fsp3) is 0.324. The molecule has 5 atom stereocenters. The van der Waals surface area contributed by atoms with E-state index in [0.717, 1.165) is 0 Å². The molecule has 4 aromatic rings. The number of hydrogen-bond acceptors (Lipinski definition) is 11. The monoisotopic (exact) mass is 724 g/mol. The molecule has 268 valence electrons. The molecule has 2 aliphatic heterocycles. The van der Waals surface area contributed by atoms with Crippen LogP contribution in [0.15, 0.2) is 72.8 Å². The van der Waals surface area contributed by atoms with Crippen LogP contribution in [-0.4, -0.2) is 70.9 Å². The molecule has 0 amide bonds. The summed E-state index contributed by atoms with van der Waals surface area (Å²) < 4.78 is 60.0. The number of nitrogens with zero attached hydrogens (tertiary/aromatic N) is 1. The zero-order valence-corrected chi connectivity index (χ0v) is 28.0. The number of ether oxygens (including phenoxy) is 5. The molecular formula is C37H35ClF2N2O9. The summed E-state index contributed by atoms with van der Waals surface area (Å²) in [5.41, 5.74) is 2.39. The van der Waals surface area contributed by atoms with E-state index in [1.165, 1.54) is 24.3 Å². The maximum absolute atomic E-state index is 16.1. The van der Waals surface area contributed by atoms with Gasteiger partial charge >= 0.3 is 6.11 Å². The summed E-state index contributed by atoms with van der Waals surface area (Å²) in [6, 6.07) is 19.8. The first kappa shape index (κ1) is 36.3. The number of benzene rings is 4. The molecule has 1 fully saturated rings. The Balaban J connectivity index is 1.28. The van der Waals surface area contributed by atoms with Gasteiger partial charge in [0.15, 0.2) is 17.8 Å². The molecule has 2 heterocycles. The number of aliphatic hydroxyl groups is 4. The molecule has 0 saturated carbocycles. The fourth-order valence-corrected chi connectivity index (χ4v) is 6.26. The molecule has 0 radical (unpaired) electrons. The van der Waals surface area contributed by atoms with Crippen molar-refractivity contribution in [3.8, 4) is 40.2 Å². The number of aliphatic hydroxyl groups excluding tert-OH is 4. The predicted molar refractivity (Wildman–Crippen MR) is 180 cm³/mol. The Morgan fingerprint density at radius 1 is 0.961 bits per heavy atom. The van der Waals surface area contributed by atoms with Crippen molar-refractivity contribution in [3.05, 3.63) is 106 Å². The van der Waals surface area contributed by atoms with Crippen LogP contribution in [0.1, 0.15) is 27.8 Å². The van der Waals surface area contributed by atoms with Crippen molar-refractivity contribution >= 4 is 11.6 Å². The smallest absolute Gasteiger partial charge is 0.427 e. The van der Waals surface area contributed by atoms with Gasteiger partial charge in [-0.3, -0.25) is 0 Å². The van der Waals surface area contributed by atoms with E-state index in [1.54, 1.807) is 55.5 Å². The molecule has 14 heteroatoms. The van der Waals surface area contributed by atoms with Crippen molar-refractivity contribution in [3.63, 3.8) is 0 Å². The lowest BCUT2D eigenvalue weighted by atomic mass is 9.95. The molecular weight excluding hydrogens is 690 g/mol. The number of fused-ring (bicyclic) bond motifs is 1. The van der Waals surface area contributed by atoms with Crippen LogP contribution in [0.5, 0.6) is 23.0 Å². The van der Waals surface area contributed by atoms with Crippen LogP contribution in [0, 0.1) is 18.3 Å². The van der Waals surface area contributed by atoms with E-state index >= 15 is 8.78 Å². The Morgan fingerprint density at radius 2 is 1.73 bits per heavy atom. The van der Waals surface area contributed by atoms with E-state index < -0.39 is 54.7 Å². The van der Waals surface area contributed by atoms with Crippen molar-refractivity contribution in [2.24, 2.45) is 0 Å². The van der Waals surface area contributed by atoms with Crippen LogP contribution in [0.3, 0.4) is 0 Å². The molecule has 2 aliphatic rings. The lowest BCUT2D eigenvalue weighted by Gasteiger charge is -2.40. The van der Waals surface area contributed by atoms with Crippen molar-refractivity contribution in [2.45, 2.75) is 56.8 Å². The van der Waals surface area contributed by atoms with Gasteiger partial charge in [-0.2, -0.15) is 14.0 Å². The van der Waals surface area contributed by atoms with Gasteiger partial charge in [0.05, 0.1) is 34.9 Å². The van der Waals surface area contributed by atoms with Gasteiger partial charge in [-0.15, -0.1) is 0 Å². The van der Waals surface area contributed by atoms with E-state index in [9.17, 15) is 25.7 Å². The number of nitrogens with one attached hydrogen (secondary N) is 1. The highest BCUT2D eigenvalue weighted by atomic mass is 35.5. The van der Waals surface area contributed by atoms with Crippen LogP contribution >= 0.6 is 11.6 Å². The first-order valence-corrected chi connectivity index (χ1v) is 16.4. The number of hydrogen-bond donors (Lipinski definition) is 5. The Hall–Kier alpha value is -4.52. The molecule has 4 aromatic carbocycles. The minimum Gasteiger partial charge on any atom is -0.488 e. The molecule has 0 bridgehead atoms. The first-order valence-electron chi connectivity index (χ1n) is 16.0. The maximum atomic E-state index is 16.1. The van der Waals surface area contributed by atoms with Crippen LogP contribution in [0.2, 0.25) is 5.02 Å². The molecule has 6 rings (SSSR count). The average Bonchev–Trinajstić information content (AvgIpc) is 3.13. The third-order valence-corrected chi connectivity index (χ3v) is 9.03.